The average Bonchev–Trinajstić information content (AvgIpc) is 3.61. The van der Waals surface area contributed by atoms with Gasteiger partial charge in [0.15, 0.2) is 5.82 Å². The molecule has 4 heterocycles. The van der Waals surface area contributed by atoms with E-state index in [1.165, 1.54) is 12.1 Å². The molecule has 3 aromatic carbocycles. The maximum Gasteiger partial charge on any atom is 0.228 e. The van der Waals surface area contributed by atoms with Gasteiger partial charge in [-0.05, 0) is 53.1 Å². The standard InChI is InChI=1S/C32H21FN7O/c33-23-8-4-7-21(12-23)26-17-35-18-28-30(26)38-32(37-28)31-25-14-20(9-10-27(25)39-40-31)22-13-24(16-34-15-22)36-29(41)11-19-5-2-1-3-6-19/h1-5,7-10,12-18H,11H2,(H,36,41)(H,37,38)(H,39,40). The fourth-order valence-corrected chi connectivity index (χ4v) is 4.87. The van der Waals surface area contributed by atoms with Gasteiger partial charge in [0.05, 0.1) is 41.1 Å². The molecule has 1 radical (unpaired) electrons. The second-order valence-electron chi connectivity index (χ2n) is 9.59. The van der Waals surface area contributed by atoms with Crippen molar-refractivity contribution >= 4 is 33.5 Å². The summed E-state index contributed by atoms with van der Waals surface area (Å²) in [6.45, 7) is 0. The molecular formula is C32H21FN7O. The SMILES string of the molecule is O=C(Cc1[c]cccc1)Nc1cncc(-c2ccc3[nH]nc(-c4nc5c(-c6cccc(F)c6)cncc5[nH]4)c3c2)c1. The van der Waals surface area contributed by atoms with Gasteiger partial charge in [0, 0.05) is 28.9 Å². The molecule has 7 rings (SSSR count). The van der Waals surface area contributed by atoms with E-state index in [-0.39, 0.29) is 18.1 Å². The number of halogens is 1. The monoisotopic (exact) mass is 538 g/mol. The van der Waals surface area contributed by atoms with E-state index in [4.69, 9.17) is 4.98 Å². The Morgan fingerprint density at radius 3 is 2.68 bits per heavy atom. The minimum atomic E-state index is -0.325. The van der Waals surface area contributed by atoms with Crippen LogP contribution >= 0.6 is 0 Å². The van der Waals surface area contributed by atoms with Crippen LogP contribution < -0.4 is 5.32 Å². The summed E-state index contributed by atoms with van der Waals surface area (Å²) in [5.41, 5.74) is 7.44. The number of hydrogen-bond acceptors (Lipinski definition) is 5. The molecule has 0 saturated heterocycles. The minimum absolute atomic E-state index is 0.143. The number of carbonyl (C=O) groups is 1. The largest absolute Gasteiger partial charge is 0.335 e. The Morgan fingerprint density at radius 2 is 1.80 bits per heavy atom. The second kappa shape index (κ2) is 10.1. The molecule has 4 aromatic heterocycles. The number of aromatic nitrogens is 6. The Kier molecular flexibility index (Phi) is 6.01. The van der Waals surface area contributed by atoms with Crippen LogP contribution in [-0.4, -0.2) is 36.0 Å². The Balaban J connectivity index is 1.21. The lowest BCUT2D eigenvalue weighted by Crippen LogP contribution is -2.14. The summed E-state index contributed by atoms with van der Waals surface area (Å²) in [4.78, 5) is 29.4. The van der Waals surface area contributed by atoms with E-state index < -0.39 is 0 Å². The van der Waals surface area contributed by atoms with Crippen molar-refractivity contribution in [1.29, 1.82) is 0 Å². The summed E-state index contributed by atoms with van der Waals surface area (Å²) in [5, 5.41) is 11.4. The maximum atomic E-state index is 13.9. The van der Waals surface area contributed by atoms with Crippen LogP contribution in [0.25, 0.3) is 55.7 Å². The second-order valence-corrected chi connectivity index (χ2v) is 9.59. The van der Waals surface area contributed by atoms with Crippen LogP contribution in [0.2, 0.25) is 0 Å². The van der Waals surface area contributed by atoms with Crippen molar-refractivity contribution in [1.82, 2.24) is 30.1 Å². The molecule has 0 saturated carbocycles. The summed E-state index contributed by atoms with van der Waals surface area (Å²) in [5.74, 6) is 0.0933. The fraction of sp³-hybridized carbons (Fsp3) is 0.0312. The van der Waals surface area contributed by atoms with Crippen LogP contribution in [0.4, 0.5) is 10.1 Å². The van der Waals surface area contributed by atoms with Gasteiger partial charge in [0.25, 0.3) is 0 Å². The number of nitrogens with zero attached hydrogens (tertiary/aromatic N) is 4. The number of nitrogens with one attached hydrogen (secondary N) is 3. The Bertz CT molecular complexity index is 2050. The predicted molar refractivity (Wildman–Crippen MR) is 155 cm³/mol. The van der Waals surface area contributed by atoms with E-state index in [2.05, 4.69) is 36.5 Å². The molecule has 197 valence electrons. The molecule has 0 bridgehead atoms. The third-order valence-corrected chi connectivity index (χ3v) is 6.80. The number of hydrogen-bond donors (Lipinski definition) is 3. The predicted octanol–water partition coefficient (Wildman–Crippen LogP) is 6.35. The number of H-pyrrole nitrogens is 2. The van der Waals surface area contributed by atoms with Crippen LogP contribution in [0, 0.1) is 11.9 Å². The highest BCUT2D eigenvalue weighted by Crippen LogP contribution is 2.33. The van der Waals surface area contributed by atoms with Crippen molar-refractivity contribution in [2.24, 2.45) is 0 Å². The number of imidazole rings is 1. The highest BCUT2D eigenvalue weighted by Gasteiger charge is 2.17. The first kappa shape index (κ1) is 24.3. The molecule has 3 N–H and O–H groups in total. The highest BCUT2D eigenvalue weighted by molar-refractivity contribution is 5.98. The normalized spacial score (nSPS) is 11.2. The number of aromatic amines is 2. The van der Waals surface area contributed by atoms with E-state index in [9.17, 15) is 9.18 Å². The van der Waals surface area contributed by atoms with Gasteiger partial charge in [-0.15, -0.1) is 0 Å². The molecule has 1 amide bonds. The van der Waals surface area contributed by atoms with Gasteiger partial charge in [-0.3, -0.25) is 19.9 Å². The van der Waals surface area contributed by atoms with Crippen molar-refractivity contribution < 1.29 is 9.18 Å². The summed E-state index contributed by atoms with van der Waals surface area (Å²) >= 11 is 0. The van der Waals surface area contributed by atoms with Crippen molar-refractivity contribution in [2.75, 3.05) is 5.32 Å². The number of carbonyl (C=O) groups excluding carboxylic acids is 1. The number of anilines is 1. The quantitative estimate of drug-likeness (QED) is 0.228. The zero-order valence-electron chi connectivity index (χ0n) is 21.5. The van der Waals surface area contributed by atoms with Crippen LogP contribution in [0.15, 0.2) is 97.6 Å². The van der Waals surface area contributed by atoms with E-state index in [1.807, 2.05) is 48.5 Å². The molecule has 0 spiro atoms. The Hall–Kier alpha value is -5.70. The molecule has 0 atom stereocenters. The molecule has 9 heteroatoms. The highest BCUT2D eigenvalue weighted by atomic mass is 19.1. The van der Waals surface area contributed by atoms with E-state index in [0.717, 1.165) is 38.7 Å². The third-order valence-electron chi connectivity index (χ3n) is 6.80. The number of rotatable bonds is 6. The third kappa shape index (κ3) is 4.80. The molecule has 8 nitrogen and oxygen atoms in total. The average molecular weight is 539 g/mol. The van der Waals surface area contributed by atoms with Crippen LogP contribution in [0.5, 0.6) is 0 Å². The molecule has 0 aliphatic heterocycles. The molecule has 7 aromatic rings. The van der Waals surface area contributed by atoms with Crippen molar-refractivity contribution in [3.05, 3.63) is 115 Å². The van der Waals surface area contributed by atoms with Crippen molar-refractivity contribution in [2.45, 2.75) is 6.42 Å². The molecule has 41 heavy (non-hydrogen) atoms. The van der Waals surface area contributed by atoms with Gasteiger partial charge in [-0.25, -0.2) is 9.37 Å². The molecule has 0 fully saturated rings. The van der Waals surface area contributed by atoms with Gasteiger partial charge >= 0.3 is 0 Å². The number of benzene rings is 3. The number of fused-ring (bicyclic) bond motifs is 2. The smallest absolute Gasteiger partial charge is 0.228 e. The maximum absolute atomic E-state index is 13.9. The number of amides is 1. The van der Waals surface area contributed by atoms with Crippen LogP contribution in [-0.2, 0) is 11.2 Å². The van der Waals surface area contributed by atoms with Crippen molar-refractivity contribution in [3.8, 4) is 33.8 Å². The Labute approximate surface area is 233 Å². The van der Waals surface area contributed by atoms with Crippen LogP contribution in [0.1, 0.15) is 5.56 Å². The molecule has 0 aliphatic rings. The first-order valence-corrected chi connectivity index (χ1v) is 12.9. The van der Waals surface area contributed by atoms with E-state index in [0.29, 0.717) is 28.3 Å². The zero-order valence-corrected chi connectivity index (χ0v) is 21.5. The number of pyridine rings is 2. The van der Waals surface area contributed by atoms with Gasteiger partial charge in [-0.1, -0.05) is 42.5 Å². The van der Waals surface area contributed by atoms with E-state index >= 15 is 0 Å². The first-order chi connectivity index (χ1) is 20.1. The van der Waals surface area contributed by atoms with Gasteiger partial charge in [-0.2, -0.15) is 5.10 Å². The van der Waals surface area contributed by atoms with Gasteiger partial charge < -0.3 is 10.3 Å². The topological polar surface area (TPSA) is 112 Å². The summed E-state index contributed by atoms with van der Waals surface area (Å²) in [6, 6.07) is 24.6. The lowest BCUT2D eigenvalue weighted by Gasteiger charge is -2.08. The summed E-state index contributed by atoms with van der Waals surface area (Å²) in [7, 11) is 0. The van der Waals surface area contributed by atoms with Gasteiger partial charge in [0.1, 0.15) is 11.5 Å². The summed E-state index contributed by atoms with van der Waals surface area (Å²) < 4.78 is 13.9. The molecular weight excluding hydrogens is 517 g/mol. The lowest BCUT2D eigenvalue weighted by atomic mass is 10.0. The zero-order chi connectivity index (χ0) is 27.8. The molecule has 0 unspecified atom stereocenters. The summed E-state index contributed by atoms with van der Waals surface area (Å²) in [6.07, 6.45) is 6.97. The lowest BCUT2D eigenvalue weighted by molar-refractivity contribution is -0.115. The Morgan fingerprint density at radius 1 is 0.878 bits per heavy atom. The molecule has 0 aliphatic carbocycles. The van der Waals surface area contributed by atoms with E-state index in [1.54, 1.807) is 36.9 Å². The van der Waals surface area contributed by atoms with Gasteiger partial charge in [0.2, 0.25) is 5.91 Å². The van der Waals surface area contributed by atoms with Crippen LogP contribution in [0.3, 0.4) is 0 Å². The first-order valence-electron chi connectivity index (χ1n) is 12.9. The minimum Gasteiger partial charge on any atom is -0.335 e. The van der Waals surface area contributed by atoms with Crippen molar-refractivity contribution in [3.63, 3.8) is 0 Å². The fourth-order valence-electron chi connectivity index (χ4n) is 4.87.